The molecule has 146 valence electrons. The fraction of sp³-hybridized carbons (Fsp3) is 0.130. The van der Waals surface area contributed by atoms with E-state index in [-0.39, 0.29) is 18.3 Å². The highest BCUT2D eigenvalue weighted by Crippen LogP contribution is 2.36. The predicted octanol–water partition coefficient (Wildman–Crippen LogP) is 4.89. The summed E-state index contributed by atoms with van der Waals surface area (Å²) >= 11 is 1.60. The molecular weight excluding hydrogens is 387 g/mol. The van der Waals surface area contributed by atoms with Gasteiger partial charge in [-0.1, -0.05) is 48.5 Å². The molecule has 2 aromatic carbocycles. The van der Waals surface area contributed by atoms with Crippen molar-refractivity contribution in [1.29, 1.82) is 0 Å². The van der Waals surface area contributed by atoms with Gasteiger partial charge < -0.3 is 4.74 Å². The number of rotatable bonds is 5. The lowest BCUT2D eigenvalue weighted by molar-refractivity contribution is -0.118. The number of nitrogens with zero attached hydrogens (tertiary/aromatic N) is 2. The van der Waals surface area contributed by atoms with Crippen molar-refractivity contribution in [3.63, 3.8) is 0 Å². The lowest BCUT2D eigenvalue weighted by atomic mass is 10.1. The number of aromatic nitrogens is 1. The molecule has 1 aromatic heterocycles. The summed E-state index contributed by atoms with van der Waals surface area (Å²) in [6.07, 6.45) is 1.63. The molecule has 0 fully saturated rings. The number of thioether (sulfide) groups is 1. The van der Waals surface area contributed by atoms with E-state index in [1.54, 1.807) is 42.2 Å². The molecule has 4 rings (SSSR count). The zero-order chi connectivity index (χ0) is 20.1. The van der Waals surface area contributed by atoms with Crippen LogP contribution in [0.25, 0.3) is 4.91 Å². The number of carbonyl (C=O) groups is 1. The van der Waals surface area contributed by atoms with E-state index < -0.39 is 0 Å². The first-order valence-electron chi connectivity index (χ1n) is 9.25. The van der Waals surface area contributed by atoms with Crippen molar-refractivity contribution in [2.24, 2.45) is 0 Å². The largest absolute Gasteiger partial charge is 0.486 e. The molecule has 1 amide bonds. The van der Waals surface area contributed by atoms with E-state index in [4.69, 9.17) is 4.74 Å². The van der Waals surface area contributed by atoms with Crippen molar-refractivity contribution < 1.29 is 13.9 Å². The van der Waals surface area contributed by atoms with Gasteiger partial charge in [-0.15, -0.1) is 11.8 Å². The third-order valence-electron chi connectivity index (χ3n) is 4.41. The van der Waals surface area contributed by atoms with E-state index in [2.05, 4.69) is 4.98 Å². The van der Waals surface area contributed by atoms with Crippen molar-refractivity contribution in [3.8, 4) is 0 Å². The molecule has 0 unspecified atom stereocenters. The minimum absolute atomic E-state index is 0.188. The van der Waals surface area contributed by atoms with Crippen molar-refractivity contribution in [1.82, 2.24) is 4.98 Å². The van der Waals surface area contributed by atoms with E-state index in [1.165, 1.54) is 17.0 Å². The Morgan fingerprint density at radius 2 is 1.90 bits per heavy atom. The first-order valence-corrected chi connectivity index (χ1v) is 10.2. The van der Waals surface area contributed by atoms with E-state index in [9.17, 15) is 9.18 Å². The minimum atomic E-state index is -0.343. The standard InChI is InChI=1S/C23H19FN2O2S/c24-19-10-6-7-17(15-19)16-26(20-11-4-5-12-25-20)23(27)21-22(29-14-13-28-21)18-8-2-1-3-9-18/h1-12,15H,13-14,16H2. The van der Waals surface area contributed by atoms with Crippen LogP contribution >= 0.6 is 11.8 Å². The zero-order valence-corrected chi connectivity index (χ0v) is 16.4. The maximum atomic E-state index is 13.7. The van der Waals surface area contributed by atoms with Crippen LogP contribution in [0, 0.1) is 5.82 Å². The van der Waals surface area contributed by atoms with Crippen molar-refractivity contribution in [3.05, 3.63) is 102 Å². The second kappa shape index (κ2) is 8.92. The van der Waals surface area contributed by atoms with Crippen LogP contribution in [0.2, 0.25) is 0 Å². The van der Waals surface area contributed by atoms with Crippen LogP contribution < -0.4 is 4.90 Å². The summed E-state index contributed by atoms with van der Waals surface area (Å²) < 4.78 is 19.5. The Balaban J connectivity index is 1.75. The van der Waals surface area contributed by atoms with Gasteiger partial charge in [0.1, 0.15) is 11.6 Å². The van der Waals surface area contributed by atoms with Crippen molar-refractivity contribution in [2.75, 3.05) is 17.3 Å². The summed E-state index contributed by atoms with van der Waals surface area (Å²) in [5.74, 6) is 0.924. The van der Waals surface area contributed by atoms with Gasteiger partial charge in [-0.05, 0) is 35.4 Å². The van der Waals surface area contributed by atoms with E-state index in [0.29, 0.717) is 23.7 Å². The fourth-order valence-corrected chi connectivity index (χ4v) is 4.04. The lowest BCUT2D eigenvalue weighted by Crippen LogP contribution is -2.34. The number of ether oxygens (including phenoxy) is 1. The zero-order valence-electron chi connectivity index (χ0n) is 15.6. The lowest BCUT2D eigenvalue weighted by Gasteiger charge is -2.27. The van der Waals surface area contributed by atoms with Gasteiger partial charge in [0.05, 0.1) is 18.1 Å². The van der Waals surface area contributed by atoms with Crippen LogP contribution in [-0.4, -0.2) is 23.3 Å². The summed E-state index contributed by atoms with van der Waals surface area (Å²) in [6.45, 7) is 0.644. The topological polar surface area (TPSA) is 42.4 Å². The van der Waals surface area contributed by atoms with E-state index in [0.717, 1.165) is 16.2 Å². The first kappa shape index (κ1) is 19.2. The average molecular weight is 406 g/mol. The van der Waals surface area contributed by atoms with Gasteiger partial charge >= 0.3 is 0 Å². The molecule has 0 N–H and O–H groups in total. The van der Waals surface area contributed by atoms with Crippen LogP contribution in [0.1, 0.15) is 11.1 Å². The molecular formula is C23H19FN2O2S. The molecule has 6 heteroatoms. The molecule has 2 heterocycles. The van der Waals surface area contributed by atoms with Gasteiger partial charge in [0.2, 0.25) is 0 Å². The fourth-order valence-electron chi connectivity index (χ4n) is 3.09. The van der Waals surface area contributed by atoms with Crippen molar-refractivity contribution in [2.45, 2.75) is 6.54 Å². The Labute approximate surface area is 173 Å². The summed E-state index contributed by atoms with van der Waals surface area (Å²) in [6, 6.07) is 21.3. The predicted molar refractivity (Wildman–Crippen MR) is 114 cm³/mol. The average Bonchev–Trinajstić information content (AvgIpc) is 2.78. The Hall–Kier alpha value is -3.12. The number of amides is 1. The minimum Gasteiger partial charge on any atom is -0.486 e. The number of anilines is 1. The Morgan fingerprint density at radius 3 is 2.66 bits per heavy atom. The van der Waals surface area contributed by atoms with Gasteiger partial charge in [0, 0.05) is 11.9 Å². The number of halogens is 1. The maximum absolute atomic E-state index is 13.7. The van der Waals surface area contributed by atoms with E-state index in [1.807, 2.05) is 36.4 Å². The van der Waals surface area contributed by atoms with Crippen LogP contribution in [0.4, 0.5) is 10.2 Å². The van der Waals surface area contributed by atoms with Crippen LogP contribution in [-0.2, 0) is 16.1 Å². The SMILES string of the molecule is O=C(C1=C(c2ccccc2)SCCO1)N(Cc1cccc(F)c1)c1ccccn1. The smallest absolute Gasteiger partial charge is 0.296 e. The third-order valence-corrected chi connectivity index (χ3v) is 5.49. The van der Waals surface area contributed by atoms with E-state index >= 15 is 0 Å². The Bertz CT molecular complexity index is 1030. The molecule has 4 nitrogen and oxygen atoms in total. The molecule has 0 bridgehead atoms. The van der Waals surface area contributed by atoms with Gasteiger partial charge in [-0.3, -0.25) is 9.69 Å². The molecule has 0 atom stereocenters. The van der Waals surface area contributed by atoms with Gasteiger partial charge in [-0.25, -0.2) is 9.37 Å². The molecule has 0 radical (unpaired) electrons. The van der Waals surface area contributed by atoms with Crippen molar-refractivity contribution >= 4 is 28.4 Å². The monoisotopic (exact) mass is 406 g/mol. The second-order valence-corrected chi connectivity index (χ2v) is 7.54. The van der Waals surface area contributed by atoms with Gasteiger partial charge in [0.25, 0.3) is 5.91 Å². The highest BCUT2D eigenvalue weighted by molar-refractivity contribution is 8.08. The summed E-state index contributed by atoms with van der Waals surface area (Å²) in [5, 5.41) is 0. The summed E-state index contributed by atoms with van der Waals surface area (Å²) in [5.41, 5.74) is 1.61. The number of hydrogen-bond acceptors (Lipinski definition) is 4. The quantitative estimate of drug-likeness (QED) is 0.605. The summed E-state index contributed by atoms with van der Waals surface area (Å²) in [7, 11) is 0. The molecule has 0 aliphatic carbocycles. The number of hydrogen-bond donors (Lipinski definition) is 0. The number of benzene rings is 2. The third kappa shape index (κ3) is 4.49. The highest BCUT2D eigenvalue weighted by Gasteiger charge is 2.29. The molecule has 1 aliphatic rings. The first-order chi connectivity index (χ1) is 14.2. The maximum Gasteiger partial charge on any atom is 0.296 e. The second-order valence-electron chi connectivity index (χ2n) is 6.43. The molecule has 3 aromatic rings. The molecule has 0 saturated heterocycles. The van der Waals surface area contributed by atoms with Crippen LogP contribution in [0.3, 0.4) is 0 Å². The molecule has 1 aliphatic heterocycles. The number of pyridine rings is 1. The molecule has 0 spiro atoms. The number of carbonyl (C=O) groups excluding carboxylic acids is 1. The van der Waals surface area contributed by atoms with Crippen LogP contribution in [0.15, 0.2) is 84.8 Å². The molecule has 0 saturated carbocycles. The highest BCUT2D eigenvalue weighted by atomic mass is 32.2. The summed E-state index contributed by atoms with van der Waals surface area (Å²) in [4.78, 5) is 20.2. The normalized spacial score (nSPS) is 13.7. The Kier molecular flexibility index (Phi) is 5.91. The molecule has 29 heavy (non-hydrogen) atoms. The Morgan fingerprint density at radius 1 is 1.07 bits per heavy atom. The van der Waals surface area contributed by atoms with Gasteiger partial charge in [0.15, 0.2) is 5.76 Å². The van der Waals surface area contributed by atoms with Gasteiger partial charge in [-0.2, -0.15) is 0 Å². The van der Waals surface area contributed by atoms with Crippen LogP contribution in [0.5, 0.6) is 0 Å².